The first-order chi connectivity index (χ1) is 18.2. The minimum absolute atomic E-state index is 0. The van der Waals surface area contributed by atoms with Gasteiger partial charge in [-0.1, -0.05) is 12.1 Å². The van der Waals surface area contributed by atoms with Gasteiger partial charge in [0.15, 0.2) is 11.5 Å². The van der Waals surface area contributed by atoms with Crippen LogP contribution in [0.15, 0.2) is 54.2 Å². The lowest BCUT2D eigenvalue weighted by Crippen LogP contribution is -2.39. The van der Waals surface area contributed by atoms with Gasteiger partial charge in [-0.25, -0.2) is 19.3 Å². The van der Waals surface area contributed by atoms with Crippen LogP contribution in [0.25, 0.3) is 16.9 Å². The molecule has 0 unspecified atom stereocenters. The summed E-state index contributed by atoms with van der Waals surface area (Å²) in [7, 11) is 0. The summed E-state index contributed by atoms with van der Waals surface area (Å²) in [5.41, 5.74) is 0.270. The fourth-order valence-electron chi connectivity index (χ4n) is 4.89. The van der Waals surface area contributed by atoms with Gasteiger partial charge in [0.05, 0.1) is 30.2 Å². The lowest BCUT2D eigenvalue weighted by Gasteiger charge is -2.34. The Bertz CT molecular complexity index is 1510. The third-order valence-electron chi connectivity index (χ3n) is 7.02. The van der Waals surface area contributed by atoms with Crippen molar-refractivity contribution in [2.75, 3.05) is 18.4 Å². The molecular formula is C27H36ClN9O2. The van der Waals surface area contributed by atoms with Crippen LogP contribution in [0.4, 0.5) is 11.6 Å². The Morgan fingerprint density at radius 2 is 1.95 bits per heavy atom. The normalized spacial score (nSPS) is 15.0. The highest BCUT2D eigenvalue weighted by atomic mass is 35.5. The van der Waals surface area contributed by atoms with E-state index in [9.17, 15) is 9.90 Å². The van der Waals surface area contributed by atoms with Crippen molar-refractivity contribution in [2.24, 2.45) is 0 Å². The Balaban J connectivity index is 0.00000353. The molecule has 5 rings (SSSR count). The molecular weight excluding hydrogens is 518 g/mol. The largest absolute Gasteiger partial charge is 0.384 e. The average molecular weight is 554 g/mol. The number of nitrogens with one attached hydrogen (secondary N) is 1. The van der Waals surface area contributed by atoms with Crippen LogP contribution in [0, 0.1) is 0 Å². The molecule has 39 heavy (non-hydrogen) atoms. The van der Waals surface area contributed by atoms with E-state index < -0.39 is 5.60 Å². The number of pyridine rings is 1. The molecule has 208 valence electrons. The van der Waals surface area contributed by atoms with Gasteiger partial charge in [-0.3, -0.25) is 9.48 Å². The molecule has 1 saturated heterocycles. The van der Waals surface area contributed by atoms with Crippen molar-refractivity contribution in [1.82, 2.24) is 39.0 Å². The summed E-state index contributed by atoms with van der Waals surface area (Å²) >= 11 is 0. The lowest BCUT2D eigenvalue weighted by molar-refractivity contribution is 0.0738. The van der Waals surface area contributed by atoms with Crippen molar-refractivity contribution in [2.45, 2.75) is 64.8 Å². The summed E-state index contributed by atoms with van der Waals surface area (Å²) in [6.07, 6.45) is 9.03. The van der Waals surface area contributed by atoms with E-state index >= 15 is 0 Å². The van der Waals surface area contributed by atoms with Gasteiger partial charge >= 0.3 is 0 Å². The van der Waals surface area contributed by atoms with Crippen molar-refractivity contribution in [3.63, 3.8) is 0 Å². The van der Waals surface area contributed by atoms with Crippen LogP contribution < -0.4 is 10.9 Å². The maximum atomic E-state index is 13.2. The monoisotopic (exact) mass is 553 g/mol. The van der Waals surface area contributed by atoms with E-state index in [1.165, 1.54) is 10.9 Å². The number of aromatic nitrogens is 7. The van der Waals surface area contributed by atoms with Gasteiger partial charge in [0.2, 0.25) is 5.95 Å². The molecule has 0 radical (unpaired) electrons. The summed E-state index contributed by atoms with van der Waals surface area (Å²) < 4.78 is 5.17. The van der Waals surface area contributed by atoms with E-state index in [4.69, 9.17) is 4.98 Å². The number of piperidine rings is 1. The van der Waals surface area contributed by atoms with Crippen LogP contribution in [0.5, 0.6) is 0 Å². The highest BCUT2D eigenvalue weighted by Crippen LogP contribution is 2.25. The highest BCUT2D eigenvalue weighted by Gasteiger charge is 2.24. The van der Waals surface area contributed by atoms with Crippen molar-refractivity contribution >= 4 is 35.1 Å². The molecule has 0 spiro atoms. The molecule has 11 nitrogen and oxygen atoms in total. The predicted molar refractivity (Wildman–Crippen MR) is 154 cm³/mol. The number of halogens is 1. The zero-order valence-corrected chi connectivity index (χ0v) is 23.6. The first-order valence-corrected chi connectivity index (χ1v) is 13.0. The molecule has 1 aliphatic rings. The van der Waals surface area contributed by atoms with Gasteiger partial charge in [-0.2, -0.15) is 10.1 Å². The van der Waals surface area contributed by atoms with Crippen molar-refractivity contribution in [3.05, 3.63) is 65.5 Å². The minimum Gasteiger partial charge on any atom is -0.384 e. The zero-order chi connectivity index (χ0) is 27.0. The van der Waals surface area contributed by atoms with Crippen LogP contribution in [0.2, 0.25) is 0 Å². The first kappa shape index (κ1) is 28.5. The Morgan fingerprint density at radius 3 is 2.62 bits per heavy atom. The Hall–Kier alpha value is -3.54. The van der Waals surface area contributed by atoms with Gasteiger partial charge in [-0.05, 0) is 52.7 Å². The number of aliphatic hydroxyl groups is 1. The van der Waals surface area contributed by atoms with Gasteiger partial charge in [0.25, 0.3) is 5.56 Å². The molecule has 1 fully saturated rings. The number of hydrogen-bond donors (Lipinski definition) is 2. The van der Waals surface area contributed by atoms with Crippen LogP contribution in [-0.4, -0.2) is 63.2 Å². The number of hydrogen-bond acceptors (Lipinski definition) is 8. The van der Waals surface area contributed by atoms with Gasteiger partial charge in [0.1, 0.15) is 11.0 Å². The maximum absolute atomic E-state index is 13.2. The number of allylic oxidation sites excluding steroid dienone is 1. The van der Waals surface area contributed by atoms with Crippen LogP contribution >= 0.6 is 12.4 Å². The lowest BCUT2D eigenvalue weighted by atomic mass is 10.0. The molecule has 0 atom stereocenters. The van der Waals surface area contributed by atoms with Crippen molar-refractivity contribution in [3.8, 4) is 5.82 Å². The van der Waals surface area contributed by atoms with Crippen molar-refractivity contribution < 1.29 is 5.11 Å². The molecule has 2 N–H and O–H groups in total. The standard InChI is InChI=1S/C27H35N9O2.ClH/c1-6-12-35-25(37)21-16-28-26(32-24(21)36(35)23-9-7-8-22(31-23)27(4,5)38)30-19-15-29-34(17-19)20-10-13-33(14-11-20)18(2)3;/h6-9,15-18,20,38H,1,10-14H2,2-5H3,(H,28,30,32);1H. The molecule has 0 saturated carbocycles. The summed E-state index contributed by atoms with van der Waals surface area (Å²) in [5, 5.41) is 18.7. The van der Waals surface area contributed by atoms with Crippen LogP contribution in [0.3, 0.4) is 0 Å². The molecule has 4 aromatic heterocycles. The first-order valence-electron chi connectivity index (χ1n) is 13.0. The van der Waals surface area contributed by atoms with E-state index in [0.29, 0.717) is 40.6 Å². The highest BCUT2D eigenvalue weighted by molar-refractivity contribution is 5.85. The second-order valence-electron chi connectivity index (χ2n) is 10.6. The molecule has 1 aliphatic heterocycles. The van der Waals surface area contributed by atoms with Crippen LogP contribution in [0.1, 0.15) is 52.3 Å². The van der Waals surface area contributed by atoms with E-state index in [0.717, 1.165) is 31.6 Å². The fourth-order valence-corrected chi connectivity index (χ4v) is 4.89. The summed E-state index contributed by atoms with van der Waals surface area (Å²) in [6.45, 7) is 14.0. The molecule has 12 heteroatoms. The van der Waals surface area contributed by atoms with Crippen molar-refractivity contribution in [1.29, 1.82) is 0 Å². The predicted octanol–water partition coefficient (Wildman–Crippen LogP) is 3.80. The second kappa shape index (κ2) is 11.3. The van der Waals surface area contributed by atoms with E-state index in [2.05, 4.69) is 45.7 Å². The fraction of sp³-hybridized carbons (Fsp3) is 0.444. The topological polar surface area (TPSA) is 119 Å². The number of nitrogens with zero attached hydrogens (tertiary/aromatic N) is 8. The van der Waals surface area contributed by atoms with Gasteiger partial charge in [0, 0.05) is 31.5 Å². The third kappa shape index (κ3) is 5.75. The maximum Gasteiger partial charge on any atom is 0.278 e. The number of likely N-dealkylation sites (tertiary alicyclic amines) is 1. The molecule has 0 aromatic carbocycles. The molecule has 0 bridgehead atoms. The molecule has 5 heterocycles. The number of anilines is 2. The molecule has 0 amide bonds. The SMILES string of the molecule is C=CCn1c(=O)c2cnc(Nc3cnn(C4CCN(C(C)C)CC4)c3)nc2n1-c1cccc(C(C)(C)O)n1.Cl. The van der Waals surface area contributed by atoms with E-state index in [-0.39, 0.29) is 24.5 Å². The number of fused-ring (bicyclic) bond motifs is 1. The Kier molecular flexibility index (Phi) is 8.24. The summed E-state index contributed by atoms with van der Waals surface area (Å²) in [6, 6.07) is 6.24. The number of rotatable bonds is 8. The third-order valence-corrected chi connectivity index (χ3v) is 7.02. The molecule has 0 aliphatic carbocycles. The quantitative estimate of drug-likeness (QED) is 0.316. The zero-order valence-electron chi connectivity index (χ0n) is 22.8. The Morgan fingerprint density at radius 1 is 1.21 bits per heavy atom. The Labute approximate surface area is 233 Å². The average Bonchev–Trinajstić information content (AvgIpc) is 3.46. The van der Waals surface area contributed by atoms with E-state index in [1.807, 2.05) is 10.9 Å². The summed E-state index contributed by atoms with van der Waals surface area (Å²) in [4.78, 5) is 29.4. The second-order valence-corrected chi connectivity index (χ2v) is 10.6. The minimum atomic E-state index is -1.14. The van der Waals surface area contributed by atoms with Gasteiger partial charge < -0.3 is 15.3 Å². The molecule has 4 aromatic rings. The van der Waals surface area contributed by atoms with Crippen LogP contribution in [-0.2, 0) is 12.1 Å². The van der Waals surface area contributed by atoms with E-state index in [1.54, 1.807) is 49.0 Å². The smallest absolute Gasteiger partial charge is 0.278 e. The summed E-state index contributed by atoms with van der Waals surface area (Å²) in [5.74, 6) is 0.804. The van der Waals surface area contributed by atoms with Gasteiger partial charge in [-0.15, -0.1) is 19.0 Å².